The van der Waals surface area contributed by atoms with Gasteiger partial charge in [-0.05, 0) is 5.56 Å². The molecule has 0 spiro atoms. The van der Waals surface area contributed by atoms with Gasteiger partial charge < -0.3 is 0 Å². The molecule has 1 aliphatic rings. The van der Waals surface area contributed by atoms with Crippen molar-refractivity contribution in [1.29, 1.82) is 5.26 Å². The fraction of sp³-hybridized carbons (Fsp3) is 0.182. The normalized spacial score (nSPS) is 18.9. The Kier molecular flexibility index (Phi) is 3.71. The van der Waals surface area contributed by atoms with Crippen LogP contribution >= 0.6 is 9.70 Å². The van der Waals surface area contributed by atoms with Gasteiger partial charge in [0.05, 0.1) is 20.8 Å². The van der Waals surface area contributed by atoms with Gasteiger partial charge in [0.1, 0.15) is 0 Å². The maximum Gasteiger partial charge on any atom is 0.282 e. The minimum atomic E-state index is -3.63. The Morgan fingerprint density at radius 2 is 1.95 bits per heavy atom. The highest BCUT2D eigenvalue weighted by Gasteiger charge is 2.32. The van der Waals surface area contributed by atoms with Crippen LogP contribution in [0.1, 0.15) is 5.56 Å². The molecule has 1 atom stereocenters. The van der Waals surface area contributed by atoms with E-state index in [-0.39, 0.29) is 0 Å². The number of hydrazone groups is 1. The quantitative estimate of drug-likeness (QED) is 0.473. The summed E-state index contributed by atoms with van der Waals surface area (Å²) in [5, 5.41) is 12.9. The maximum atomic E-state index is 12.3. The third-order valence-electron chi connectivity index (χ3n) is 2.42. The predicted octanol–water partition coefficient (Wildman–Crippen LogP) is 0.980. The molecule has 1 aliphatic heterocycles. The SMILES string of the molecule is CN(C)S(=O)(=O)S1=C(c2ccccc2)C=NN1C#N. The fourth-order valence-electron chi connectivity index (χ4n) is 1.47. The third-order valence-corrected chi connectivity index (χ3v) is 7.97. The lowest BCUT2D eigenvalue weighted by Crippen LogP contribution is -2.24. The van der Waals surface area contributed by atoms with Crippen molar-refractivity contribution in [2.24, 2.45) is 5.10 Å². The van der Waals surface area contributed by atoms with E-state index >= 15 is 0 Å². The van der Waals surface area contributed by atoms with Crippen LogP contribution in [-0.4, -0.2) is 42.3 Å². The number of hydrogen-bond acceptors (Lipinski definition) is 5. The summed E-state index contributed by atoms with van der Waals surface area (Å²) >= 11 is 0. The van der Waals surface area contributed by atoms with Crippen LogP contribution < -0.4 is 0 Å². The molecule has 8 heteroatoms. The van der Waals surface area contributed by atoms with Crippen LogP contribution in [0.15, 0.2) is 35.4 Å². The van der Waals surface area contributed by atoms with Crippen LogP contribution in [0, 0.1) is 11.5 Å². The molecule has 19 heavy (non-hydrogen) atoms. The van der Waals surface area contributed by atoms with Crippen molar-refractivity contribution in [2.75, 3.05) is 14.1 Å². The van der Waals surface area contributed by atoms with Gasteiger partial charge in [0.2, 0.25) is 6.19 Å². The van der Waals surface area contributed by atoms with Gasteiger partial charge >= 0.3 is 0 Å². The molecule has 0 radical (unpaired) electrons. The molecule has 0 fully saturated rings. The molecule has 100 valence electrons. The van der Waals surface area contributed by atoms with Gasteiger partial charge in [0, 0.05) is 14.1 Å². The number of nitriles is 1. The van der Waals surface area contributed by atoms with Crippen LogP contribution in [0.3, 0.4) is 0 Å². The fourth-order valence-corrected chi connectivity index (χ4v) is 5.72. The van der Waals surface area contributed by atoms with Gasteiger partial charge in [-0.1, -0.05) is 30.3 Å². The van der Waals surface area contributed by atoms with Crippen LogP contribution in [0.25, 0.3) is 0 Å². The third kappa shape index (κ3) is 2.40. The summed E-state index contributed by atoms with van der Waals surface area (Å²) in [7, 11) is -2.18. The second-order valence-electron chi connectivity index (χ2n) is 3.84. The highest BCUT2D eigenvalue weighted by molar-refractivity contribution is 8.78. The molecule has 0 amide bonds. The molecular weight excluding hydrogens is 284 g/mol. The molecule has 6 nitrogen and oxygen atoms in total. The monoisotopic (exact) mass is 296 g/mol. The van der Waals surface area contributed by atoms with Gasteiger partial charge in [-0.2, -0.15) is 23.1 Å². The van der Waals surface area contributed by atoms with Gasteiger partial charge in [-0.25, -0.2) is 0 Å². The Hall–Kier alpha value is -1.69. The molecule has 1 unspecified atom stereocenters. The van der Waals surface area contributed by atoms with Crippen molar-refractivity contribution in [2.45, 2.75) is 0 Å². The summed E-state index contributed by atoms with van der Waals surface area (Å²) in [5.74, 6) is 0. The highest BCUT2D eigenvalue weighted by atomic mass is 33.2. The van der Waals surface area contributed by atoms with E-state index in [1.807, 2.05) is 18.2 Å². The molecule has 1 aromatic carbocycles. The summed E-state index contributed by atoms with van der Waals surface area (Å²) in [4.78, 5) is 0.524. The first-order chi connectivity index (χ1) is 8.98. The summed E-state index contributed by atoms with van der Waals surface area (Å²) in [6.45, 7) is 0. The van der Waals surface area contributed by atoms with Crippen molar-refractivity contribution in [3.05, 3.63) is 35.9 Å². The Morgan fingerprint density at radius 1 is 1.32 bits per heavy atom. The van der Waals surface area contributed by atoms with E-state index in [0.717, 1.165) is 14.3 Å². The van der Waals surface area contributed by atoms with E-state index in [2.05, 4.69) is 5.10 Å². The average Bonchev–Trinajstić information content (AvgIpc) is 2.84. The molecule has 0 bridgehead atoms. The summed E-state index contributed by atoms with van der Waals surface area (Å²) in [5.41, 5.74) is 0.748. The van der Waals surface area contributed by atoms with Gasteiger partial charge in [0.25, 0.3) is 9.06 Å². The Morgan fingerprint density at radius 3 is 2.47 bits per heavy atom. The lowest BCUT2D eigenvalue weighted by atomic mass is 10.2. The van der Waals surface area contributed by atoms with Gasteiger partial charge in [-0.15, -0.1) is 4.41 Å². The highest BCUT2D eigenvalue weighted by Crippen LogP contribution is 2.35. The Labute approximate surface area is 114 Å². The van der Waals surface area contributed by atoms with Crippen molar-refractivity contribution in [1.82, 2.24) is 8.72 Å². The maximum absolute atomic E-state index is 12.3. The predicted molar refractivity (Wildman–Crippen MR) is 76.7 cm³/mol. The molecule has 2 rings (SSSR count). The number of hydrogen-bond donors (Lipinski definition) is 0. The first-order valence-corrected chi connectivity index (χ1v) is 8.46. The molecule has 0 aliphatic carbocycles. The number of benzene rings is 1. The van der Waals surface area contributed by atoms with E-state index in [1.54, 1.807) is 18.3 Å². The molecule has 0 saturated heterocycles. The zero-order chi connectivity index (χ0) is 14.0. The molecular formula is C11H12N4O2S2. The second-order valence-corrected chi connectivity index (χ2v) is 8.92. The Bertz CT molecular complexity index is 687. The zero-order valence-corrected chi connectivity index (χ0v) is 12.0. The topological polar surface area (TPSA) is 76.8 Å². The van der Waals surface area contributed by atoms with Crippen molar-refractivity contribution in [3.8, 4) is 6.19 Å². The van der Waals surface area contributed by atoms with Crippen molar-refractivity contribution in [3.63, 3.8) is 0 Å². The standard InChI is InChI=1S/C11H12N4O2S2/c1-14(2)19(16,17)18-11(8-13-15(18)9-12)10-6-4-3-5-7-10/h3-8H,1-2H3. The summed E-state index contributed by atoms with van der Waals surface area (Å²) in [6.07, 6.45) is 3.23. The smallest absolute Gasteiger partial charge is 0.199 e. The van der Waals surface area contributed by atoms with E-state index in [4.69, 9.17) is 5.26 Å². The largest absolute Gasteiger partial charge is 0.282 e. The van der Waals surface area contributed by atoms with E-state index in [9.17, 15) is 8.42 Å². The minimum absolute atomic E-state index is 0.524. The molecule has 1 heterocycles. The van der Waals surface area contributed by atoms with Crippen LogP contribution in [0.5, 0.6) is 0 Å². The van der Waals surface area contributed by atoms with Gasteiger partial charge in [-0.3, -0.25) is 0 Å². The van der Waals surface area contributed by atoms with Crippen LogP contribution in [-0.2, 0) is 9.06 Å². The first-order valence-electron chi connectivity index (χ1n) is 5.32. The summed E-state index contributed by atoms with van der Waals surface area (Å²) < 4.78 is 26.7. The molecule has 0 N–H and O–H groups in total. The number of rotatable bonds is 3. The first kappa shape index (κ1) is 13.7. The van der Waals surface area contributed by atoms with Crippen molar-refractivity contribution >= 4 is 29.8 Å². The van der Waals surface area contributed by atoms with Gasteiger partial charge in [0.15, 0.2) is 0 Å². The van der Waals surface area contributed by atoms with Crippen molar-refractivity contribution < 1.29 is 8.42 Å². The lowest BCUT2D eigenvalue weighted by molar-refractivity contribution is 0.536. The minimum Gasteiger partial charge on any atom is -0.199 e. The molecule has 0 aromatic heterocycles. The zero-order valence-electron chi connectivity index (χ0n) is 10.4. The molecule has 1 aromatic rings. The van der Waals surface area contributed by atoms with E-state index in [1.165, 1.54) is 20.3 Å². The van der Waals surface area contributed by atoms with E-state index in [0.29, 0.717) is 4.86 Å². The molecule has 0 saturated carbocycles. The van der Waals surface area contributed by atoms with E-state index < -0.39 is 18.8 Å². The second kappa shape index (κ2) is 5.13. The lowest BCUT2D eigenvalue weighted by Gasteiger charge is -2.17. The van der Waals surface area contributed by atoms with Crippen LogP contribution in [0.2, 0.25) is 0 Å². The average molecular weight is 296 g/mol. The van der Waals surface area contributed by atoms with Crippen LogP contribution in [0.4, 0.5) is 0 Å². The Balaban J connectivity index is 2.67. The number of nitrogens with zero attached hydrogens (tertiary/aromatic N) is 4. The summed E-state index contributed by atoms with van der Waals surface area (Å²) in [6, 6.07) is 9.07.